The average Bonchev–Trinajstić information content (AvgIpc) is 3.59. The number of anilines is 1. The van der Waals surface area contributed by atoms with Gasteiger partial charge in [0.1, 0.15) is 22.6 Å². The van der Waals surface area contributed by atoms with Gasteiger partial charge >= 0.3 is 0 Å². The van der Waals surface area contributed by atoms with E-state index in [4.69, 9.17) is 16.6 Å². The first-order valence-corrected chi connectivity index (χ1v) is 12.9. The molecule has 0 radical (unpaired) electrons. The molecule has 2 aromatic heterocycles. The first kappa shape index (κ1) is 25.1. The number of fused-ring (bicyclic) bond motifs is 1. The van der Waals surface area contributed by atoms with E-state index in [9.17, 15) is 4.79 Å². The molecule has 190 valence electrons. The molecule has 5 aromatic rings. The molecule has 0 aliphatic carbocycles. The Kier molecular flexibility index (Phi) is 7.70. The van der Waals surface area contributed by atoms with Crippen molar-refractivity contribution in [3.63, 3.8) is 0 Å². The van der Waals surface area contributed by atoms with Crippen molar-refractivity contribution < 1.29 is 9.21 Å². The van der Waals surface area contributed by atoms with E-state index in [1.807, 2.05) is 72.8 Å². The number of nitrogens with zero attached hydrogens (tertiary/aromatic N) is 3. The summed E-state index contributed by atoms with van der Waals surface area (Å²) in [5.41, 5.74) is 5.36. The maximum absolute atomic E-state index is 12.4. The van der Waals surface area contributed by atoms with Crippen LogP contribution in [0.25, 0.3) is 34.1 Å². The third kappa shape index (κ3) is 6.22. The Morgan fingerprint density at radius 2 is 1.76 bits per heavy atom. The normalized spacial score (nSPS) is 11.2. The van der Waals surface area contributed by atoms with Crippen LogP contribution in [-0.2, 0) is 11.2 Å². The number of nitrogens with one attached hydrogen (secondary N) is 2. The number of aromatic nitrogens is 3. The van der Waals surface area contributed by atoms with Crippen molar-refractivity contribution >= 4 is 46.0 Å². The second-order valence-corrected chi connectivity index (χ2v) is 9.22. The number of thiocarbonyl (C=S) groups is 1. The number of unbranched alkanes of at least 4 members (excludes halogenated alkanes) is 1. The van der Waals surface area contributed by atoms with E-state index in [-0.39, 0.29) is 11.0 Å². The quantitative estimate of drug-likeness (QED) is 0.178. The van der Waals surface area contributed by atoms with Gasteiger partial charge < -0.3 is 9.73 Å². The van der Waals surface area contributed by atoms with Crippen molar-refractivity contribution in [2.75, 3.05) is 5.32 Å². The molecule has 0 aliphatic rings. The number of carbonyl (C=O) groups excluding carboxylic acids is 1. The van der Waals surface area contributed by atoms with Crippen molar-refractivity contribution in [3.8, 4) is 17.0 Å². The summed E-state index contributed by atoms with van der Waals surface area (Å²) in [5.74, 6) is 0.941. The van der Waals surface area contributed by atoms with Crippen LogP contribution in [0.1, 0.15) is 31.1 Å². The summed E-state index contributed by atoms with van der Waals surface area (Å²) in [5, 5.41) is 15.0. The first-order valence-electron chi connectivity index (χ1n) is 12.5. The fraction of sp³-hybridized carbons (Fsp3) is 0.133. The highest BCUT2D eigenvalue weighted by atomic mass is 32.1. The molecule has 0 bridgehead atoms. The SMILES string of the molecule is CCCCc1ccc(-n2nc3ccc(NC(=S)NC(=O)/C=C/c4ccc(-c5ccccc5)o4)cc3n2)cc1. The number of furan rings is 1. The highest BCUT2D eigenvalue weighted by molar-refractivity contribution is 7.80. The Balaban J connectivity index is 1.18. The van der Waals surface area contributed by atoms with Crippen molar-refractivity contribution in [3.05, 3.63) is 102 Å². The van der Waals surface area contributed by atoms with E-state index in [0.717, 1.165) is 28.9 Å². The number of carbonyl (C=O) groups is 1. The van der Waals surface area contributed by atoms with E-state index in [1.54, 1.807) is 10.9 Å². The van der Waals surface area contributed by atoms with Crippen LogP contribution in [0.4, 0.5) is 5.69 Å². The number of hydrogen-bond acceptors (Lipinski definition) is 5. The summed E-state index contributed by atoms with van der Waals surface area (Å²) >= 11 is 5.32. The molecule has 3 aromatic carbocycles. The average molecular weight is 522 g/mol. The molecule has 1 amide bonds. The fourth-order valence-corrected chi connectivity index (χ4v) is 4.18. The number of hydrogen-bond donors (Lipinski definition) is 2. The maximum Gasteiger partial charge on any atom is 0.250 e. The van der Waals surface area contributed by atoms with Crippen LogP contribution in [0.15, 0.2) is 95.4 Å². The van der Waals surface area contributed by atoms with Crippen LogP contribution in [0.3, 0.4) is 0 Å². The molecule has 0 fully saturated rings. The maximum atomic E-state index is 12.4. The van der Waals surface area contributed by atoms with Crippen LogP contribution in [-0.4, -0.2) is 26.0 Å². The standard InChI is InChI=1S/C30H27N5O2S/c1-2-3-7-21-10-13-24(14-11-21)35-33-26-17-12-23(20-27(26)34-35)31-30(38)32-29(36)19-16-25-15-18-28(37-25)22-8-5-4-6-9-22/h4-6,8-20H,2-3,7H2,1H3,(H2,31,32,36,38)/b19-16+. The highest BCUT2D eigenvalue weighted by Crippen LogP contribution is 2.22. The Bertz CT molecular complexity index is 1590. The van der Waals surface area contributed by atoms with Gasteiger partial charge in [0.25, 0.3) is 0 Å². The summed E-state index contributed by atoms with van der Waals surface area (Å²) < 4.78 is 5.79. The summed E-state index contributed by atoms with van der Waals surface area (Å²) in [4.78, 5) is 14.0. The van der Waals surface area contributed by atoms with Gasteiger partial charge in [-0.3, -0.25) is 10.1 Å². The monoisotopic (exact) mass is 521 g/mol. The Morgan fingerprint density at radius 3 is 2.55 bits per heavy atom. The zero-order chi connectivity index (χ0) is 26.3. The van der Waals surface area contributed by atoms with E-state index >= 15 is 0 Å². The van der Waals surface area contributed by atoms with Gasteiger partial charge in [0.2, 0.25) is 5.91 Å². The largest absolute Gasteiger partial charge is 0.457 e. The molecule has 8 heteroatoms. The van der Waals surface area contributed by atoms with Crippen molar-refractivity contribution in [2.45, 2.75) is 26.2 Å². The minimum atomic E-state index is -0.366. The molecule has 5 rings (SSSR count). The molecule has 0 saturated carbocycles. The van der Waals surface area contributed by atoms with Gasteiger partial charge in [0.05, 0.1) is 5.69 Å². The van der Waals surface area contributed by atoms with Gasteiger partial charge in [-0.1, -0.05) is 55.8 Å². The zero-order valence-electron chi connectivity index (χ0n) is 20.9. The summed E-state index contributed by atoms with van der Waals surface area (Å²) in [6.45, 7) is 2.19. The van der Waals surface area contributed by atoms with Gasteiger partial charge in [-0.2, -0.15) is 4.80 Å². The fourth-order valence-electron chi connectivity index (χ4n) is 3.96. The van der Waals surface area contributed by atoms with Gasteiger partial charge in [-0.25, -0.2) is 0 Å². The van der Waals surface area contributed by atoms with Gasteiger partial charge in [0.15, 0.2) is 5.11 Å². The number of amides is 1. The third-order valence-corrected chi connectivity index (χ3v) is 6.15. The minimum Gasteiger partial charge on any atom is -0.457 e. The molecular weight excluding hydrogens is 494 g/mol. The van der Waals surface area contributed by atoms with E-state index in [1.165, 1.54) is 24.5 Å². The Morgan fingerprint density at radius 1 is 0.974 bits per heavy atom. The van der Waals surface area contributed by atoms with Crippen LogP contribution in [0.5, 0.6) is 0 Å². The zero-order valence-corrected chi connectivity index (χ0v) is 21.7. The molecule has 0 aliphatic heterocycles. The predicted molar refractivity (Wildman–Crippen MR) is 155 cm³/mol. The lowest BCUT2D eigenvalue weighted by molar-refractivity contribution is -0.115. The van der Waals surface area contributed by atoms with Crippen molar-refractivity contribution in [1.82, 2.24) is 20.3 Å². The number of rotatable bonds is 8. The summed E-state index contributed by atoms with van der Waals surface area (Å²) in [6.07, 6.45) is 6.41. The lowest BCUT2D eigenvalue weighted by Gasteiger charge is -2.07. The third-order valence-electron chi connectivity index (χ3n) is 5.95. The smallest absolute Gasteiger partial charge is 0.250 e. The van der Waals surface area contributed by atoms with Crippen molar-refractivity contribution in [2.24, 2.45) is 0 Å². The number of benzene rings is 3. The van der Waals surface area contributed by atoms with Crippen LogP contribution in [0, 0.1) is 0 Å². The second kappa shape index (κ2) is 11.7. The first-order chi connectivity index (χ1) is 18.6. The number of aryl methyl sites for hydroxylation is 1. The van der Waals surface area contributed by atoms with Gasteiger partial charge in [-0.15, -0.1) is 10.2 Å². The van der Waals surface area contributed by atoms with Crippen LogP contribution < -0.4 is 10.6 Å². The molecule has 0 saturated heterocycles. The van der Waals surface area contributed by atoms with Crippen molar-refractivity contribution in [1.29, 1.82) is 0 Å². The summed E-state index contributed by atoms with van der Waals surface area (Å²) in [6, 6.07) is 27.3. The lowest BCUT2D eigenvalue weighted by atomic mass is 10.1. The van der Waals surface area contributed by atoms with E-state index in [0.29, 0.717) is 17.0 Å². The van der Waals surface area contributed by atoms with Crippen LogP contribution >= 0.6 is 12.2 Å². The van der Waals surface area contributed by atoms with E-state index < -0.39 is 0 Å². The van der Waals surface area contributed by atoms with E-state index in [2.05, 4.69) is 39.9 Å². The highest BCUT2D eigenvalue weighted by Gasteiger charge is 2.08. The molecule has 0 atom stereocenters. The molecule has 0 spiro atoms. The predicted octanol–water partition coefficient (Wildman–Crippen LogP) is 6.55. The molecular formula is C30H27N5O2S. The lowest BCUT2D eigenvalue weighted by Crippen LogP contribution is -2.32. The topological polar surface area (TPSA) is 85.0 Å². The van der Waals surface area contributed by atoms with Gasteiger partial charge in [0, 0.05) is 17.3 Å². The summed E-state index contributed by atoms with van der Waals surface area (Å²) in [7, 11) is 0. The second-order valence-electron chi connectivity index (χ2n) is 8.81. The molecule has 2 heterocycles. The molecule has 2 N–H and O–H groups in total. The molecule has 7 nitrogen and oxygen atoms in total. The molecule has 38 heavy (non-hydrogen) atoms. The van der Waals surface area contributed by atoms with Gasteiger partial charge in [-0.05, 0) is 79.2 Å². The Hall–Kier alpha value is -4.56. The minimum absolute atomic E-state index is 0.179. The molecule has 0 unspecified atom stereocenters. The Labute approximate surface area is 226 Å². The van der Waals surface area contributed by atoms with Crippen LogP contribution in [0.2, 0.25) is 0 Å².